The Labute approximate surface area is 178 Å². The molecule has 1 aromatic heterocycles. The number of ether oxygens (including phenoxy) is 2. The zero-order chi connectivity index (χ0) is 20.9. The van der Waals surface area contributed by atoms with Gasteiger partial charge in [-0.25, -0.2) is 4.98 Å². The van der Waals surface area contributed by atoms with E-state index in [0.29, 0.717) is 13.2 Å². The van der Waals surface area contributed by atoms with E-state index in [1.54, 1.807) is 18.4 Å². The van der Waals surface area contributed by atoms with E-state index in [0.717, 1.165) is 61.9 Å². The Balaban J connectivity index is 1.68. The highest BCUT2D eigenvalue weighted by molar-refractivity contribution is 7.09. The summed E-state index contributed by atoms with van der Waals surface area (Å²) in [5, 5.41) is 10.1. The van der Waals surface area contributed by atoms with Gasteiger partial charge in [-0.15, -0.1) is 11.3 Å². The molecule has 0 saturated carbocycles. The van der Waals surface area contributed by atoms with Gasteiger partial charge in [-0.3, -0.25) is 4.99 Å². The smallest absolute Gasteiger partial charge is 0.190 e. The minimum atomic E-state index is 0.625. The quantitative estimate of drug-likeness (QED) is 0.310. The molecule has 1 heterocycles. The van der Waals surface area contributed by atoms with Gasteiger partial charge in [-0.2, -0.15) is 0 Å². The molecular formula is C22H34N4O2S. The van der Waals surface area contributed by atoms with E-state index in [4.69, 9.17) is 9.47 Å². The first-order valence-corrected chi connectivity index (χ1v) is 11.3. The van der Waals surface area contributed by atoms with Crippen LogP contribution in [0.2, 0.25) is 0 Å². The van der Waals surface area contributed by atoms with Crippen molar-refractivity contribution in [3.05, 3.63) is 39.8 Å². The number of hydrogen-bond acceptors (Lipinski definition) is 5. The first kappa shape index (κ1) is 23.0. The number of nitrogens with zero attached hydrogens (tertiary/aromatic N) is 2. The average molecular weight is 419 g/mol. The van der Waals surface area contributed by atoms with Gasteiger partial charge in [0.05, 0.1) is 18.2 Å². The highest BCUT2D eigenvalue weighted by atomic mass is 32.1. The molecule has 0 aliphatic rings. The number of benzene rings is 1. The number of aromatic nitrogens is 1. The molecule has 0 bridgehead atoms. The lowest BCUT2D eigenvalue weighted by atomic mass is 10.1. The zero-order valence-electron chi connectivity index (χ0n) is 18.1. The van der Waals surface area contributed by atoms with Crippen LogP contribution < -0.4 is 20.1 Å². The van der Waals surface area contributed by atoms with E-state index in [2.05, 4.69) is 38.1 Å². The van der Waals surface area contributed by atoms with Crippen molar-refractivity contribution in [2.45, 2.75) is 46.5 Å². The van der Waals surface area contributed by atoms with Gasteiger partial charge >= 0.3 is 0 Å². The summed E-state index contributed by atoms with van der Waals surface area (Å²) in [6.45, 7) is 8.97. The molecular weight excluding hydrogens is 384 g/mol. The summed E-state index contributed by atoms with van der Waals surface area (Å²) in [4.78, 5) is 8.81. The maximum Gasteiger partial charge on any atom is 0.190 e. The van der Waals surface area contributed by atoms with Crippen molar-refractivity contribution in [3.8, 4) is 11.5 Å². The number of aryl methyl sites for hydroxylation is 2. The number of aliphatic imine (C=N–C) groups is 1. The topological polar surface area (TPSA) is 67.8 Å². The Kier molecular flexibility index (Phi) is 10.3. The third-order valence-corrected chi connectivity index (χ3v) is 5.34. The lowest BCUT2D eigenvalue weighted by Gasteiger charge is -2.14. The number of thiazole rings is 1. The lowest BCUT2D eigenvalue weighted by molar-refractivity contribution is 0.287. The van der Waals surface area contributed by atoms with Crippen molar-refractivity contribution in [1.29, 1.82) is 0 Å². The summed E-state index contributed by atoms with van der Waals surface area (Å²) in [6, 6.07) is 6.14. The Hall–Kier alpha value is -2.28. The minimum absolute atomic E-state index is 0.625. The van der Waals surface area contributed by atoms with Gasteiger partial charge in [0, 0.05) is 31.2 Å². The Morgan fingerprint density at radius 1 is 1.03 bits per heavy atom. The van der Waals surface area contributed by atoms with Crippen molar-refractivity contribution in [1.82, 2.24) is 15.6 Å². The molecule has 0 aliphatic carbocycles. The van der Waals surface area contributed by atoms with Crippen LogP contribution >= 0.6 is 11.3 Å². The standard InChI is InChI=1S/C22H34N4O2S/c1-5-27-19-11-10-18(15-20(19)28-6-2)12-14-25-22(23-4)24-13-8-7-9-21-26-17(3)16-29-21/h10-11,15-16H,5-9,12-14H2,1-4H3,(H2,23,24,25). The minimum Gasteiger partial charge on any atom is -0.490 e. The summed E-state index contributed by atoms with van der Waals surface area (Å²) in [5.41, 5.74) is 2.33. The normalized spacial score (nSPS) is 11.4. The highest BCUT2D eigenvalue weighted by Gasteiger charge is 2.06. The van der Waals surface area contributed by atoms with Crippen LogP contribution in [0.3, 0.4) is 0 Å². The second-order valence-corrected chi connectivity index (χ2v) is 7.61. The molecule has 0 spiro atoms. The number of unbranched alkanes of at least 4 members (excludes halogenated alkanes) is 1. The average Bonchev–Trinajstić information content (AvgIpc) is 3.13. The fourth-order valence-corrected chi connectivity index (χ4v) is 3.74. The summed E-state index contributed by atoms with van der Waals surface area (Å²) < 4.78 is 11.3. The maximum atomic E-state index is 5.70. The zero-order valence-corrected chi connectivity index (χ0v) is 18.9. The predicted molar refractivity (Wildman–Crippen MR) is 122 cm³/mol. The number of hydrogen-bond donors (Lipinski definition) is 2. The molecule has 29 heavy (non-hydrogen) atoms. The van der Waals surface area contributed by atoms with E-state index >= 15 is 0 Å². The van der Waals surface area contributed by atoms with Crippen LogP contribution in [-0.2, 0) is 12.8 Å². The molecule has 0 unspecified atom stereocenters. The second kappa shape index (κ2) is 13.0. The number of nitrogens with one attached hydrogen (secondary N) is 2. The molecule has 2 rings (SSSR count). The Morgan fingerprint density at radius 3 is 2.48 bits per heavy atom. The van der Waals surface area contributed by atoms with E-state index in [1.165, 1.54) is 10.6 Å². The van der Waals surface area contributed by atoms with Crippen molar-refractivity contribution < 1.29 is 9.47 Å². The molecule has 0 atom stereocenters. The molecule has 7 heteroatoms. The summed E-state index contributed by atoms with van der Waals surface area (Å²) >= 11 is 1.75. The fourth-order valence-electron chi connectivity index (χ4n) is 2.92. The van der Waals surface area contributed by atoms with Gasteiger partial charge in [-0.05, 0) is 64.2 Å². The summed E-state index contributed by atoms with van der Waals surface area (Å²) in [7, 11) is 1.80. The van der Waals surface area contributed by atoms with Gasteiger partial charge < -0.3 is 20.1 Å². The molecule has 0 fully saturated rings. The van der Waals surface area contributed by atoms with Crippen molar-refractivity contribution in [2.24, 2.45) is 4.99 Å². The molecule has 6 nitrogen and oxygen atoms in total. The first-order valence-electron chi connectivity index (χ1n) is 10.4. The SMILES string of the molecule is CCOc1ccc(CCNC(=NC)NCCCCc2nc(C)cs2)cc1OCC. The molecule has 160 valence electrons. The number of guanidine groups is 1. The van der Waals surface area contributed by atoms with Gasteiger partial charge in [-0.1, -0.05) is 6.07 Å². The number of rotatable bonds is 12. The van der Waals surface area contributed by atoms with E-state index < -0.39 is 0 Å². The third kappa shape index (κ3) is 8.31. The third-order valence-electron chi connectivity index (χ3n) is 4.31. The lowest BCUT2D eigenvalue weighted by Crippen LogP contribution is -2.38. The summed E-state index contributed by atoms with van der Waals surface area (Å²) in [6.07, 6.45) is 4.15. The second-order valence-electron chi connectivity index (χ2n) is 6.66. The Morgan fingerprint density at radius 2 is 1.79 bits per heavy atom. The van der Waals surface area contributed by atoms with Crippen LogP contribution in [0.4, 0.5) is 0 Å². The van der Waals surface area contributed by atoms with Crippen LogP contribution in [0, 0.1) is 6.92 Å². The van der Waals surface area contributed by atoms with Crippen LogP contribution in [0.15, 0.2) is 28.6 Å². The highest BCUT2D eigenvalue weighted by Crippen LogP contribution is 2.28. The van der Waals surface area contributed by atoms with Gasteiger partial charge in [0.15, 0.2) is 17.5 Å². The van der Waals surface area contributed by atoms with Gasteiger partial charge in [0.1, 0.15) is 0 Å². The molecule has 1 aromatic carbocycles. The predicted octanol–water partition coefficient (Wildman–Crippen LogP) is 3.98. The molecule has 2 aromatic rings. The summed E-state index contributed by atoms with van der Waals surface area (Å²) in [5.74, 6) is 2.45. The van der Waals surface area contributed by atoms with Crippen LogP contribution in [0.5, 0.6) is 11.5 Å². The first-order chi connectivity index (χ1) is 14.2. The van der Waals surface area contributed by atoms with Crippen molar-refractivity contribution in [3.63, 3.8) is 0 Å². The van der Waals surface area contributed by atoms with Crippen LogP contribution in [-0.4, -0.2) is 44.3 Å². The van der Waals surface area contributed by atoms with Crippen molar-refractivity contribution >= 4 is 17.3 Å². The van der Waals surface area contributed by atoms with Crippen molar-refractivity contribution in [2.75, 3.05) is 33.4 Å². The largest absolute Gasteiger partial charge is 0.490 e. The van der Waals surface area contributed by atoms with Gasteiger partial charge in [0.2, 0.25) is 0 Å². The van der Waals surface area contributed by atoms with Gasteiger partial charge in [0.25, 0.3) is 0 Å². The molecule has 2 N–H and O–H groups in total. The molecule has 0 saturated heterocycles. The molecule has 0 aliphatic heterocycles. The fraction of sp³-hybridized carbons (Fsp3) is 0.545. The van der Waals surface area contributed by atoms with Crippen LogP contribution in [0.25, 0.3) is 0 Å². The van der Waals surface area contributed by atoms with E-state index in [-0.39, 0.29) is 0 Å². The molecule has 0 radical (unpaired) electrons. The van der Waals surface area contributed by atoms with Crippen LogP contribution in [0.1, 0.15) is 43.0 Å². The monoisotopic (exact) mass is 418 g/mol. The van der Waals surface area contributed by atoms with E-state index in [9.17, 15) is 0 Å². The molecule has 0 amide bonds. The van der Waals surface area contributed by atoms with E-state index in [1.807, 2.05) is 26.8 Å². The Bertz CT molecular complexity index is 761. The maximum absolute atomic E-state index is 5.70.